The first-order chi connectivity index (χ1) is 27.7. The topological polar surface area (TPSA) is 199 Å². The van der Waals surface area contributed by atoms with Crippen molar-refractivity contribution in [2.75, 3.05) is 19.6 Å². The number of hydrogen-bond acceptors (Lipinski definition) is 9. The average Bonchev–Trinajstić information content (AvgIpc) is 4.04. The van der Waals surface area contributed by atoms with Gasteiger partial charge in [0, 0.05) is 63.9 Å². The molecular formula is C41H43FN6O10. The van der Waals surface area contributed by atoms with Crippen LogP contribution in [0.3, 0.4) is 0 Å². The van der Waals surface area contributed by atoms with Crippen LogP contribution in [-0.2, 0) is 41.6 Å². The van der Waals surface area contributed by atoms with Crippen molar-refractivity contribution in [3.63, 3.8) is 0 Å². The van der Waals surface area contributed by atoms with Gasteiger partial charge in [-0.05, 0) is 72.9 Å². The normalized spacial score (nSPS) is 18.1. The fourth-order valence-corrected chi connectivity index (χ4v) is 6.76. The molecule has 1 saturated heterocycles. The molecule has 58 heavy (non-hydrogen) atoms. The summed E-state index contributed by atoms with van der Waals surface area (Å²) in [6, 6.07) is 17.7. The van der Waals surface area contributed by atoms with Crippen molar-refractivity contribution >= 4 is 29.6 Å². The Kier molecular flexibility index (Phi) is 12.5. The second-order valence-electron chi connectivity index (χ2n) is 14.3. The molecule has 2 fully saturated rings. The van der Waals surface area contributed by atoms with Crippen LogP contribution < -0.4 is 26.6 Å². The molecule has 1 aliphatic carbocycles. The zero-order valence-corrected chi connectivity index (χ0v) is 32.1. The number of halogens is 1. The molecule has 4 bridgehead atoms. The van der Waals surface area contributed by atoms with E-state index in [4.69, 9.17) is 19.4 Å². The number of rotatable bonds is 5. The zero-order chi connectivity index (χ0) is 41.7. The first-order valence-electron chi connectivity index (χ1n) is 18.6. The number of ether oxygens (including phenoxy) is 2. The van der Waals surface area contributed by atoms with Gasteiger partial charge in [0.2, 0.25) is 5.91 Å². The summed E-state index contributed by atoms with van der Waals surface area (Å²) in [5, 5.41) is 13.2. The summed E-state index contributed by atoms with van der Waals surface area (Å²) in [6.07, 6.45) is 1.20. The molecule has 3 aromatic carbocycles. The Hall–Kier alpha value is -6.62. The van der Waals surface area contributed by atoms with Gasteiger partial charge < -0.3 is 35.0 Å². The number of carboxylic acids is 1. The number of fused-ring (bicyclic) bond motifs is 5. The lowest BCUT2D eigenvalue weighted by molar-refractivity contribution is -0.134. The molecule has 4 aromatic rings. The number of benzene rings is 3. The predicted octanol–water partition coefficient (Wildman–Crippen LogP) is 2.57. The highest BCUT2D eigenvalue weighted by Gasteiger charge is 2.38. The van der Waals surface area contributed by atoms with E-state index in [-0.39, 0.29) is 61.4 Å². The number of piperidine rings is 1. The van der Waals surface area contributed by atoms with Gasteiger partial charge in [-0.25, -0.2) is 9.18 Å². The largest absolute Gasteiger partial charge is 0.481 e. The molecule has 3 heterocycles. The number of carbonyl (C=O) groups is 5. The van der Waals surface area contributed by atoms with Crippen molar-refractivity contribution in [2.45, 2.75) is 57.5 Å². The summed E-state index contributed by atoms with van der Waals surface area (Å²) in [5.74, 6) is -2.60. The molecule has 0 radical (unpaired) electrons. The molecule has 304 valence electrons. The second kappa shape index (κ2) is 17.7. The number of amides is 4. The van der Waals surface area contributed by atoms with Crippen molar-refractivity contribution in [3.05, 3.63) is 127 Å². The molecule has 1 aromatic heterocycles. The summed E-state index contributed by atoms with van der Waals surface area (Å²) in [6.45, 7) is 1.24. The Balaban J connectivity index is 0.00000135. The number of aromatic nitrogens is 2. The van der Waals surface area contributed by atoms with Crippen LogP contribution in [0.15, 0.2) is 82.4 Å². The molecule has 1 saturated carbocycles. The zero-order valence-electron chi connectivity index (χ0n) is 32.1. The lowest BCUT2D eigenvalue weighted by Gasteiger charge is -2.39. The maximum atomic E-state index is 14.2. The predicted molar refractivity (Wildman–Crippen MR) is 206 cm³/mol. The Morgan fingerprint density at radius 2 is 1.66 bits per heavy atom. The molecule has 0 unspecified atom stereocenters. The molecule has 2 aliphatic heterocycles. The highest BCUT2D eigenvalue weighted by atomic mass is 19.1. The highest BCUT2D eigenvalue weighted by Crippen LogP contribution is 2.31. The van der Waals surface area contributed by atoms with Gasteiger partial charge >= 0.3 is 5.69 Å². The molecule has 3 aliphatic rings. The third kappa shape index (κ3) is 10.0. The lowest BCUT2D eigenvalue weighted by atomic mass is 10.0. The Morgan fingerprint density at radius 3 is 2.38 bits per heavy atom. The van der Waals surface area contributed by atoms with E-state index in [1.165, 1.54) is 54.2 Å². The van der Waals surface area contributed by atoms with Crippen LogP contribution in [0.1, 0.15) is 68.5 Å². The fraction of sp³-hybridized carbons (Fsp3) is 0.341. The van der Waals surface area contributed by atoms with Gasteiger partial charge in [-0.2, -0.15) is 0 Å². The number of carboxylic acid groups (broad SMARTS) is 1. The minimum Gasteiger partial charge on any atom is -0.481 e. The third-order valence-electron chi connectivity index (χ3n) is 9.85. The SMILES string of the molecule is CC(=O)O.Cn1c(C(=O)N2CC[C@@H]3OCc4cccc(c4)Oc4cc(C(=O)NCc5cccc(F)c5)cc(c4)C(=O)N(C4CC4)CC(=O)N[C@@H]3C2)cc(=O)n(C)c1=O. The van der Waals surface area contributed by atoms with Gasteiger partial charge in [0.15, 0.2) is 0 Å². The molecule has 3 N–H and O–H groups in total. The van der Waals surface area contributed by atoms with Crippen molar-refractivity contribution in [1.29, 1.82) is 0 Å². The smallest absolute Gasteiger partial charge is 0.331 e. The summed E-state index contributed by atoms with van der Waals surface area (Å²) in [4.78, 5) is 91.9. The minimum absolute atomic E-state index is 0.0231. The van der Waals surface area contributed by atoms with E-state index in [9.17, 15) is 33.2 Å². The first kappa shape index (κ1) is 41.0. The first-order valence-corrected chi connectivity index (χ1v) is 18.6. The monoisotopic (exact) mass is 798 g/mol. The summed E-state index contributed by atoms with van der Waals surface area (Å²) in [5.41, 5.74) is 0.254. The van der Waals surface area contributed by atoms with Gasteiger partial charge in [0.25, 0.3) is 29.3 Å². The van der Waals surface area contributed by atoms with Crippen LogP contribution in [0.5, 0.6) is 11.5 Å². The van der Waals surface area contributed by atoms with E-state index >= 15 is 0 Å². The Morgan fingerprint density at radius 1 is 0.914 bits per heavy atom. The number of likely N-dealkylation sites (tertiary alicyclic amines) is 1. The van der Waals surface area contributed by atoms with Gasteiger partial charge in [-0.1, -0.05) is 24.3 Å². The van der Waals surface area contributed by atoms with Crippen molar-refractivity contribution in [2.24, 2.45) is 14.1 Å². The Bertz CT molecular complexity index is 2370. The van der Waals surface area contributed by atoms with Crippen LogP contribution in [0, 0.1) is 5.82 Å². The number of nitrogens with zero attached hydrogens (tertiary/aromatic N) is 4. The van der Waals surface area contributed by atoms with E-state index in [2.05, 4.69) is 10.6 Å². The van der Waals surface area contributed by atoms with Crippen LogP contribution >= 0.6 is 0 Å². The maximum absolute atomic E-state index is 14.2. The number of aliphatic carboxylic acids is 1. The fourth-order valence-electron chi connectivity index (χ4n) is 6.76. The average molecular weight is 799 g/mol. The van der Waals surface area contributed by atoms with E-state index < -0.39 is 58.8 Å². The van der Waals surface area contributed by atoms with E-state index in [1.54, 1.807) is 30.3 Å². The summed E-state index contributed by atoms with van der Waals surface area (Å²) >= 11 is 0. The molecule has 0 spiro atoms. The standard InChI is InChI=1S/C39H39FN6O8.C2H4O2/c1-43-32(18-35(48)44(2)39(43)52)38(51)45-12-11-33-31(20-45)42-34(47)21-46(28-9-10-28)37(50)26-15-25(36(49)41-19-23-5-3-7-27(40)13-23)16-30(17-26)54-29-8-4-6-24(14-29)22-53-33;1-2(3)4/h3-8,13-18,28,31,33H,9-12,19-22H2,1-2H3,(H,41,49)(H,42,47);1H3,(H,3,4)/t31-,33+;/m1./s1. The number of carbonyl (C=O) groups excluding carboxylic acids is 4. The lowest BCUT2D eigenvalue weighted by Crippen LogP contribution is -2.59. The van der Waals surface area contributed by atoms with E-state index in [0.29, 0.717) is 30.6 Å². The minimum atomic E-state index is -0.833. The van der Waals surface area contributed by atoms with Gasteiger partial charge in [0.05, 0.1) is 18.8 Å². The van der Waals surface area contributed by atoms with Gasteiger partial charge in [-0.15, -0.1) is 0 Å². The van der Waals surface area contributed by atoms with E-state index in [0.717, 1.165) is 27.7 Å². The van der Waals surface area contributed by atoms with Crippen LogP contribution in [0.4, 0.5) is 4.39 Å². The summed E-state index contributed by atoms with van der Waals surface area (Å²) in [7, 11) is 2.75. The molecule has 17 heteroatoms. The molecule has 16 nitrogen and oxygen atoms in total. The molecule has 4 amide bonds. The number of hydrogen-bond donors (Lipinski definition) is 3. The number of nitrogens with one attached hydrogen (secondary N) is 2. The third-order valence-corrected chi connectivity index (χ3v) is 9.85. The summed E-state index contributed by atoms with van der Waals surface area (Å²) < 4.78 is 28.3. The molecular weight excluding hydrogens is 755 g/mol. The Labute approximate surface area is 331 Å². The van der Waals surface area contributed by atoms with Gasteiger partial charge in [0.1, 0.15) is 29.6 Å². The molecule has 2 atom stereocenters. The maximum Gasteiger partial charge on any atom is 0.331 e. The quantitative estimate of drug-likeness (QED) is 0.270. The van der Waals surface area contributed by atoms with Crippen molar-refractivity contribution in [3.8, 4) is 11.5 Å². The van der Waals surface area contributed by atoms with Crippen LogP contribution in [-0.4, -0.2) is 91.5 Å². The second-order valence-corrected chi connectivity index (χ2v) is 14.3. The van der Waals surface area contributed by atoms with Crippen LogP contribution in [0.25, 0.3) is 0 Å². The van der Waals surface area contributed by atoms with Crippen molar-refractivity contribution < 1.29 is 42.9 Å². The van der Waals surface area contributed by atoms with Crippen LogP contribution in [0.2, 0.25) is 0 Å². The highest BCUT2D eigenvalue weighted by molar-refractivity contribution is 6.01. The van der Waals surface area contributed by atoms with E-state index in [1.807, 2.05) is 6.07 Å². The molecule has 7 rings (SSSR count). The van der Waals surface area contributed by atoms with Crippen molar-refractivity contribution in [1.82, 2.24) is 29.6 Å². The van der Waals surface area contributed by atoms with Gasteiger partial charge in [-0.3, -0.25) is 37.9 Å².